The van der Waals surface area contributed by atoms with E-state index >= 15 is 0 Å². The van der Waals surface area contributed by atoms with Gasteiger partial charge in [0.05, 0.1) is 17.3 Å². The predicted octanol–water partition coefficient (Wildman–Crippen LogP) is 0.710. The van der Waals surface area contributed by atoms with Crippen LogP contribution in [-0.2, 0) is 0 Å². The standard InChI is InChI=1S/C10H12N4O3/c1-5-2-8(5)13-10(15)6-3-9(14(16)17)12-4-7(6)11/h3-5,8H,2,11H2,1H3,(H,13,15). The molecule has 1 saturated carbocycles. The number of aromatic nitrogens is 1. The minimum absolute atomic E-state index is 0.103. The summed E-state index contributed by atoms with van der Waals surface area (Å²) < 4.78 is 0. The topological polar surface area (TPSA) is 111 Å². The lowest BCUT2D eigenvalue weighted by Crippen LogP contribution is -2.27. The molecule has 7 heteroatoms. The van der Waals surface area contributed by atoms with Gasteiger partial charge in [-0.1, -0.05) is 6.92 Å². The maximum atomic E-state index is 11.8. The molecule has 2 rings (SSSR count). The van der Waals surface area contributed by atoms with Gasteiger partial charge in [-0.25, -0.2) is 0 Å². The molecule has 1 aliphatic rings. The number of amides is 1. The van der Waals surface area contributed by atoms with Crippen molar-refractivity contribution in [3.63, 3.8) is 0 Å². The summed E-state index contributed by atoms with van der Waals surface area (Å²) in [6.07, 6.45) is 2.06. The van der Waals surface area contributed by atoms with Crippen molar-refractivity contribution in [3.8, 4) is 0 Å². The Morgan fingerprint density at radius 1 is 1.71 bits per heavy atom. The molecule has 1 heterocycles. The highest BCUT2D eigenvalue weighted by Crippen LogP contribution is 2.29. The highest BCUT2D eigenvalue weighted by molar-refractivity contribution is 5.99. The molecule has 0 aliphatic heterocycles. The van der Waals surface area contributed by atoms with Gasteiger partial charge in [0.25, 0.3) is 5.91 Å². The summed E-state index contributed by atoms with van der Waals surface area (Å²) in [7, 11) is 0. The summed E-state index contributed by atoms with van der Waals surface area (Å²) in [5.74, 6) is -0.312. The van der Waals surface area contributed by atoms with Gasteiger partial charge >= 0.3 is 5.82 Å². The van der Waals surface area contributed by atoms with Gasteiger partial charge in [-0.3, -0.25) is 4.79 Å². The normalized spacial score (nSPS) is 21.9. The molecular weight excluding hydrogens is 224 g/mol. The number of carbonyl (C=O) groups excluding carboxylic acids is 1. The van der Waals surface area contributed by atoms with Crippen LogP contribution in [0, 0.1) is 16.0 Å². The number of hydrogen-bond acceptors (Lipinski definition) is 5. The smallest absolute Gasteiger partial charge is 0.364 e. The highest BCUT2D eigenvalue weighted by atomic mass is 16.6. The van der Waals surface area contributed by atoms with E-state index < -0.39 is 4.92 Å². The molecule has 1 fully saturated rings. The third kappa shape index (κ3) is 2.32. The van der Waals surface area contributed by atoms with E-state index in [1.54, 1.807) is 0 Å². The molecule has 3 N–H and O–H groups in total. The van der Waals surface area contributed by atoms with Crippen molar-refractivity contribution in [3.05, 3.63) is 27.9 Å². The van der Waals surface area contributed by atoms with Gasteiger partial charge in [-0.2, -0.15) is 0 Å². The quantitative estimate of drug-likeness (QED) is 0.593. The van der Waals surface area contributed by atoms with E-state index in [2.05, 4.69) is 10.3 Å². The number of hydrogen-bond donors (Lipinski definition) is 2. The maximum absolute atomic E-state index is 11.8. The Bertz CT molecular complexity index is 488. The van der Waals surface area contributed by atoms with E-state index in [1.807, 2.05) is 6.92 Å². The van der Waals surface area contributed by atoms with Crippen LogP contribution in [0.5, 0.6) is 0 Å². The van der Waals surface area contributed by atoms with Gasteiger partial charge in [0, 0.05) is 6.04 Å². The lowest BCUT2D eigenvalue weighted by Gasteiger charge is -2.05. The first-order chi connectivity index (χ1) is 7.99. The van der Waals surface area contributed by atoms with Crippen LogP contribution in [0.3, 0.4) is 0 Å². The molecule has 1 aromatic rings. The fraction of sp³-hybridized carbons (Fsp3) is 0.400. The summed E-state index contributed by atoms with van der Waals surface area (Å²) in [6.45, 7) is 2.02. The summed E-state index contributed by atoms with van der Waals surface area (Å²) in [6, 6.07) is 1.24. The van der Waals surface area contributed by atoms with E-state index in [1.165, 1.54) is 0 Å². The summed E-state index contributed by atoms with van der Waals surface area (Å²) in [4.78, 5) is 25.2. The second kappa shape index (κ2) is 4.00. The number of nitrogen functional groups attached to an aromatic ring is 1. The van der Waals surface area contributed by atoms with Crippen LogP contribution in [-0.4, -0.2) is 21.9 Å². The number of nitrogens with two attached hydrogens (primary N) is 1. The molecule has 0 saturated heterocycles. The Balaban J connectivity index is 2.21. The molecule has 90 valence electrons. The maximum Gasteiger partial charge on any atom is 0.364 e. The van der Waals surface area contributed by atoms with Gasteiger partial charge in [-0.15, -0.1) is 0 Å². The first-order valence-corrected chi connectivity index (χ1v) is 5.20. The van der Waals surface area contributed by atoms with Crippen LogP contribution in [0.4, 0.5) is 11.5 Å². The van der Waals surface area contributed by atoms with Crippen molar-refractivity contribution in [2.75, 3.05) is 5.73 Å². The lowest BCUT2D eigenvalue weighted by molar-refractivity contribution is -0.389. The SMILES string of the molecule is CC1CC1NC(=O)c1cc([N+](=O)[O-])ncc1N. The lowest BCUT2D eigenvalue weighted by atomic mass is 10.2. The number of nitrogens with one attached hydrogen (secondary N) is 1. The molecule has 17 heavy (non-hydrogen) atoms. The molecule has 2 atom stereocenters. The number of carbonyl (C=O) groups is 1. The van der Waals surface area contributed by atoms with Crippen molar-refractivity contribution in [2.24, 2.45) is 5.92 Å². The van der Waals surface area contributed by atoms with Gasteiger partial charge in [-0.05, 0) is 22.2 Å². The Kier molecular flexibility index (Phi) is 2.66. The van der Waals surface area contributed by atoms with Crippen molar-refractivity contribution >= 4 is 17.4 Å². The van der Waals surface area contributed by atoms with Gasteiger partial charge in [0.2, 0.25) is 0 Å². The molecule has 0 aromatic carbocycles. The largest absolute Gasteiger partial charge is 0.395 e. The van der Waals surface area contributed by atoms with Crippen molar-refractivity contribution in [1.82, 2.24) is 10.3 Å². The van der Waals surface area contributed by atoms with Crippen molar-refractivity contribution in [2.45, 2.75) is 19.4 Å². The minimum atomic E-state index is -0.657. The summed E-state index contributed by atoms with van der Waals surface area (Å²) >= 11 is 0. The molecular formula is C10H12N4O3. The van der Waals surface area contributed by atoms with Crippen LogP contribution in [0.2, 0.25) is 0 Å². The Labute approximate surface area is 97.2 Å². The van der Waals surface area contributed by atoms with Crippen molar-refractivity contribution < 1.29 is 9.72 Å². The summed E-state index contributed by atoms with van der Waals surface area (Å²) in [5.41, 5.74) is 5.82. The molecule has 0 bridgehead atoms. The third-order valence-corrected chi connectivity index (χ3v) is 2.78. The zero-order valence-electron chi connectivity index (χ0n) is 9.21. The van der Waals surface area contributed by atoms with E-state index in [4.69, 9.17) is 5.73 Å². The number of nitro groups is 1. The van der Waals surface area contributed by atoms with Crippen LogP contribution < -0.4 is 11.1 Å². The van der Waals surface area contributed by atoms with Gasteiger partial charge < -0.3 is 21.2 Å². The predicted molar refractivity (Wildman–Crippen MR) is 60.3 cm³/mol. The molecule has 1 aromatic heterocycles. The van der Waals surface area contributed by atoms with Crippen LogP contribution in [0.1, 0.15) is 23.7 Å². The fourth-order valence-electron chi connectivity index (χ4n) is 1.52. The number of pyridine rings is 1. The number of anilines is 1. The second-order valence-corrected chi connectivity index (χ2v) is 4.18. The third-order valence-electron chi connectivity index (χ3n) is 2.78. The monoisotopic (exact) mass is 236 g/mol. The van der Waals surface area contributed by atoms with Gasteiger partial charge in [0.15, 0.2) is 6.20 Å². The average Bonchev–Trinajstić information content (AvgIpc) is 2.94. The molecule has 1 amide bonds. The zero-order chi connectivity index (χ0) is 12.6. The molecule has 0 radical (unpaired) electrons. The zero-order valence-corrected chi connectivity index (χ0v) is 9.21. The summed E-state index contributed by atoms with van der Waals surface area (Å²) in [5, 5.41) is 13.3. The first-order valence-electron chi connectivity index (χ1n) is 5.20. The van der Waals surface area contributed by atoms with Crippen molar-refractivity contribution in [1.29, 1.82) is 0 Å². The van der Waals surface area contributed by atoms with E-state index in [-0.39, 0.29) is 29.0 Å². The molecule has 2 unspecified atom stereocenters. The fourth-order valence-corrected chi connectivity index (χ4v) is 1.52. The Morgan fingerprint density at radius 3 is 2.88 bits per heavy atom. The number of rotatable bonds is 3. The van der Waals surface area contributed by atoms with E-state index in [0.29, 0.717) is 5.92 Å². The molecule has 7 nitrogen and oxygen atoms in total. The first kappa shape index (κ1) is 11.3. The molecule has 0 spiro atoms. The number of nitrogens with zero attached hydrogens (tertiary/aromatic N) is 2. The van der Waals surface area contributed by atoms with Crippen LogP contribution in [0.25, 0.3) is 0 Å². The highest BCUT2D eigenvalue weighted by Gasteiger charge is 2.34. The van der Waals surface area contributed by atoms with E-state index in [0.717, 1.165) is 18.7 Å². The molecule has 1 aliphatic carbocycles. The average molecular weight is 236 g/mol. The van der Waals surface area contributed by atoms with Crippen LogP contribution >= 0.6 is 0 Å². The van der Waals surface area contributed by atoms with Crippen LogP contribution in [0.15, 0.2) is 12.3 Å². The second-order valence-electron chi connectivity index (χ2n) is 4.18. The van der Waals surface area contributed by atoms with Gasteiger partial charge in [0.1, 0.15) is 0 Å². The Hall–Kier alpha value is -2.18. The minimum Gasteiger partial charge on any atom is -0.395 e. The van der Waals surface area contributed by atoms with E-state index in [9.17, 15) is 14.9 Å². The Morgan fingerprint density at radius 2 is 2.35 bits per heavy atom.